The van der Waals surface area contributed by atoms with Crippen molar-refractivity contribution in [2.75, 3.05) is 20.4 Å². The Kier molecular flexibility index (Phi) is 5.60. The first kappa shape index (κ1) is 18.5. The van der Waals surface area contributed by atoms with Crippen molar-refractivity contribution in [3.05, 3.63) is 82.0 Å². The maximum absolute atomic E-state index is 12.7. The molecule has 0 fully saturated rings. The number of carbonyl (C=O) groups excluding carboxylic acids is 1. The summed E-state index contributed by atoms with van der Waals surface area (Å²) in [6, 6.07) is 19.9. The van der Waals surface area contributed by atoms with E-state index < -0.39 is 0 Å². The highest BCUT2D eigenvalue weighted by Gasteiger charge is 2.19. The first-order valence-electron chi connectivity index (χ1n) is 9.14. The lowest BCUT2D eigenvalue weighted by molar-refractivity contribution is -0.122. The molecule has 0 bridgehead atoms. The van der Waals surface area contributed by atoms with Crippen LogP contribution < -0.4 is 14.8 Å². The second-order valence-corrected chi connectivity index (χ2v) is 7.77. The van der Waals surface area contributed by atoms with Crippen LogP contribution in [0.15, 0.2) is 66.0 Å². The standard InChI is InChI=1S/C22H22N2O3S/c1-24(13-16-9-10-18-19(12-16)27-15-26-18)14-21(25)23-22(20-8-5-11-28-20)17-6-3-2-4-7-17/h2-12,22H,13-15H2,1H3,(H,23,25)/t22-/m1/s1. The van der Waals surface area contributed by atoms with E-state index in [9.17, 15) is 4.79 Å². The monoisotopic (exact) mass is 394 g/mol. The molecule has 0 saturated carbocycles. The van der Waals surface area contributed by atoms with Gasteiger partial charge >= 0.3 is 0 Å². The van der Waals surface area contributed by atoms with Gasteiger partial charge in [0.2, 0.25) is 12.7 Å². The van der Waals surface area contributed by atoms with Crippen LogP contribution in [-0.4, -0.2) is 31.2 Å². The average molecular weight is 394 g/mol. The highest BCUT2D eigenvalue weighted by atomic mass is 32.1. The van der Waals surface area contributed by atoms with Gasteiger partial charge in [0.15, 0.2) is 11.5 Å². The summed E-state index contributed by atoms with van der Waals surface area (Å²) >= 11 is 1.65. The molecule has 2 aromatic carbocycles. The van der Waals surface area contributed by atoms with Crippen LogP contribution in [0.4, 0.5) is 0 Å². The van der Waals surface area contributed by atoms with Crippen LogP contribution in [0, 0.1) is 0 Å². The van der Waals surface area contributed by atoms with Crippen molar-refractivity contribution in [1.82, 2.24) is 10.2 Å². The molecular formula is C22H22N2O3S. The third-order valence-electron chi connectivity index (χ3n) is 4.57. The Hall–Kier alpha value is -2.83. The fourth-order valence-electron chi connectivity index (χ4n) is 3.28. The largest absolute Gasteiger partial charge is 0.454 e. The summed E-state index contributed by atoms with van der Waals surface area (Å²) in [5, 5.41) is 5.21. The number of rotatable bonds is 7. The number of nitrogens with zero attached hydrogens (tertiary/aromatic N) is 1. The molecule has 28 heavy (non-hydrogen) atoms. The Bertz CT molecular complexity index is 928. The van der Waals surface area contributed by atoms with Gasteiger partial charge in [0.25, 0.3) is 0 Å². The number of fused-ring (bicyclic) bond motifs is 1. The lowest BCUT2D eigenvalue weighted by Gasteiger charge is -2.21. The number of thiophene rings is 1. The van der Waals surface area contributed by atoms with Gasteiger partial charge in [-0.05, 0) is 41.8 Å². The smallest absolute Gasteiger partial charge is 0.234 e. The highest BCUT2D eigenvalue weighted by Crippen LogP contribution is 2.32. The molecule has 0 radical (unpaired) electrons. The lowest BCUT2D eigenvalue weighted by Crippen LogP contribution is -2.37. The molecule has 0 saturated heterocycles. The summed E-state index contributed by atoms with van der Waals surface area (Å²) in [5.41, 5.74) is 2.16. The molecule has 0 aliphatic carbocycles. The van der Waals surface area contributed by atoms with Gasteiger partial charge in [-0.25, -0.2) is 0 Å². The molecule has 6 heteroatoms. The van der Waals surface area contributed by atoms with Gasteiger partial charge < -0.3 is 14.8 Å². The fraction of sp³-hybridized carbons (Fsp3) is 0.227. The molecule has 1 aromatic heterocycles. The van der Waals surface area contributed by atoms with Gasteiger partial charge in [0.05, 0.1) is 12.6 Å². The van der Waals surface area contributed by atoms with Crippen molar-refractivity contribution >= 4 is 17.2 Å². The molecule has 1 aliphatic heterocycles. The predicted octanol–water partition coefficient (Wildman–Crippen LogP) is 3.81. The molecule has 4 rings (SSSR count). The molecule has 2 heterocycles. The SMILES string of the molecule is CN(CC(=O)N[C@H](c1ccccc1)c1cccs1)Cc1ccc2c(c1)OCO2. The summed E-state index contributed by atoms with van der Waals surface area (Å²) in [7, 11) is 1.94. The highest BCUT2D eigenvalue weighted by molar-refractivity contribution is 7.10. The van der Waals surface area contributed by atoms with Crippen molar-refractivity contribution in [3.8, 4) is 11.5 Å². The zero-order chi connectivity index (χ0) is 19.3. The topological polar surface area (TPSA) is 50.8 Å². The number of benzene rings is 2. The number of amides is 1. The normalized spacial score (nSPS) is 13.5. The van der Waals surface area contributed by atoms with Gasteiger partial charge in [-0.15, -0.1) is 11.3 Å². The minimum Gasteiger partial charge on any atom is -0.454 e. The third-order valence-corrected chi connectivity index (χ3v) is 5.51. The van der Waals surface area contributed by atoms with E-state index in [0.717, 1.165) is 27.5 Å². The predicted molar refractivity (Wildman–Crippen MR) is 110 cm³/mol. The quantitative estimate of drug-likeness (QED) is 0.662. The van der Waals surface area contributed by atoms with Crippen LogP contribution in [0.25, 0.3) is 0 Å². The number of likely N-dealkylation sites (N-methyl/N-ethyl adjacent to an activating group) is 1. The Morgan fingerprint density at radius 2 is 1.93 bits per heavy atom. The zero-order valence-corrected chi connectivity index (χ0v) is 16.4. The summed E-state index contributed by atoms with van der Waals surface area (Å²) in [6.07, 6.45) is 0. The van der Waals surface area contributed by atoms with E-state index >= 15 is 0 Å². The number of hydrogen-bond acceptors (Lipinski definition) is 5. The van der Waals surface area contributed by atoms with Crippen molar-refractivity contribution < 1.29 is 14.3 Å². The van der Waals surface area contributed by atoms with Gasteiger partial charge in [0, 0.05) is 11.4 Å². The Balaban J connectivity index is 1.39. The van der Waals surface area contributed by atoms with Crippen LogP contribution in [0.5, 0.6) is 11.5 Å². The van der Waals surface area contributed by atoms with E-state index in [1.165, 1.54) is 0 Å². The molecular weight excluding hydrogens is 372 g/mol. The van der Waals surface area contributed by atoms with Gasteiger partial charge in [-0.1, -0.05) is 42.5 Å². The molecule has 1 aliphatic rings. The molecule has 3 aromatic rings. The van der Waals surface area contributed by atoms with Crippen molar-refractivity contribution in [2.45, 2.75) is 12.6 Å². The molecule has 1 atom stereocenters. The van der Waals surface area contributed by atoms with Crippen molar-refractivity contribution in [1.29, 1.82) is 0 Å². The molecule has 144 valence electrons. The van der Waals surface area contributed by atoms with Crippen LogP contribution in [-0.2, 0) is 11.3 Å². The van der Waals surface area contributed by atoms with Gasteiger partial charge in [0.1, 0.15) is 0 Å². The van der Waals surface area contributed by atoms with Crippen LogP contribution >= 0.6 is 11.3 Å². The molecule has 0 unspecified atom stereocenters. The number of ether oxygens (including phenoxy) is 2. The maximum Gasteiger partial charge on any atom is 0.234 e. The Labute approximate surface area is 168 Å². The first-order chi connectivity index (χ1) is 13.7. The summed E-state index contributed by atoms with van der Waals surface area (Å²) in [6.45, 7) is 1.23. The van der Waals surface area contributed by atoms with Gasteiger partial charge in [-0.3, -0.25) is 9.69 Å². The summed E-state index contributed by atoms with van der Waals surface area (Å²) < 4.78 is 10.8. The van der Waals surface area contributed by atoms with Gasteiger partial charge in [-0.2, -0.15) is 0 Å². The average Bonchev–Trinajstić information content (AvgIpc) is 3.38. The van der Waals surface area contributed by atoms with Crippen LogP contribution in [0.2, 0.25) is 0 Å². The lowest BCUT2D eigenvalue weighted by atomic mass is 10.1. The zero-order valence-electron chi connectivity index (χ0n) is 15.6. The number of nitrogens with one attached hydrogen (secondary N) is 1. The second kappa shape index (κ2) is 8.46. The maximum atomic E-state index is 12.7. The van der Waals surface area contributed by atoms with E-state index in [1.54, 1.807) is 11.3 Å². The minimum atomic E-state index is -0.132. The van der Waals surface area contributed by atoms with E-state index in [0.29, 0.717) is 13.1 Å². The Morgan fingerprint density at radius 3 is 2.71 bits per heavy atom. The molecule has 5 nitrogen and oxygen atoms in total. The third kappa shape index (κ3) is 4.35. The van der Waals surface area contributed by atoms with Crippen LogP contribution in [0.1, 0.15) is 22.0 Å². The molecule has 1 amide bonds. The second-order valence-electron chi connectivity index (χ2n) is 6.79. The number of carbonyl (C=O) groups is 1. The molecule has 0 spiro atoms. The number of hydrogen-bond donors (Lipinski definition) is 1. The van der Waals surface area contributed by atoms with E-state index in [-0.39, 0.29) is 18.7 Å². The first-order valence-corrected chi connectivity index (χ1v) is 10.0. The fourth-order valence-corrected chi connectivity index (χ4v) is 4.08. The van der Waals surface area contributed by atoms with Crippen LogP contribution in [0.3, 0.4) is 0 Å². The molecule has 1 N–H and O–H groups in total. The van der Waals surface area contributed by atoms with E-state index in [4.69, 9.17) is 9.47 Å². The van der Waals surface area contributed by atoms with Crippen molar-refractivity contribution in [2.24, 2.45) is 0 Å². The Morgan fingerprint density at radius 1 is 1.11 bits per heavy atom. The van der Waals surface area contributed by atoms with E-state index in [2.05, 4.69) is 11.4 Å². The summed E-state index contributed by atoms with van der Waals surface area (Å²) in [4.78, 5) is 15.8. The summed E-state index contributed by atoms with van der Waals surface area (Å²) in [5.74, 6) is 1.52. The van der Waals surface area contributed by atoms with E-state index in [1.807, 2.05) is 71.9 Å². The van der Waals surface area contributed by atoms with Crippen molar-refractivity contribution in [3.63, 3.8) is 0 Å². The minimum absolute atomic E-state index is 0.00880.